The molecular weight excluding hydrogens is 328 g/mol. The first-order valence-electron chi connectivity index (χ1n) is 7.67. The minimum atomic E-state index is -3.74. The number of para-hydroxylation sites is 2. The van der Waals surface area contributed by atoms with Gasteiger partial charge in [0.25, 0.3) is 10.0 Å². The molecule has 1 aliphatic heterocycles. The van der Waals surface area contributed by atoms with Gasteiger partial charge in [0, 0.05) is 12.1 Å². The molecule has 6 nitrogen and oxygen atoms in total. The van der Waals surface area contributed by atoms with Crippen molar-refractivity contribution in [3.05, 3.63) is 48.0 Å². The molecule has 0 saturated carbocycles. The van der Waals surface area contributed by atoms with Crippen LogP contribution in [0.25, 0.3) is 0 Å². The molecule has 2 N–H and O–H groups in total. The number of benzene rings is 2. The highest BCUT2D eigenvalue weighted by Gasteiger charge is 2.21. The predicted octanol–water partition coefficient (Wildman–Crippen LogP) is 2.77. The number of hydrogen-bond donors (Lipinski definition) is 2. The van der Waals surface area contributed by atoms with Crippen LogP contribution in [0.1, 0.15) is 18.9 Å². The third-order valence-electron chi connectivity index (χ3n) is 3.71. The molecule has 24 heavy (non-hydrogen) atoms. The molecule has 0 spiro atoms. The van der Waals surface area contributed by atoms with Crippen LogP contribution in [0, 0.1) is 0 Å². The number of carbonyl (C=O) groups excluding carboxylic acids is 1. The zero-order valence-corrected chi connectivity index (χ0v) is 14.0. The third-order valence-corrected chi connectivity index (χ3v) is 5.08. The lowest BCUT2D eigenvalue weighted by Gasteiger charge is -2.18. The van der Waals surface area contributed by atoms with Crippen LogP contribution in [0.5, 0.6) is 5.75 Å². The summed E-state index contributed by atoms with van der Waals surface area (Å²) in [5.74, 6) is 0.427. The Balaban J connectivity index is 1.90. The first kappa shape index (κ1) is 16.3. The molecule has 7 heteroatoms. The van der Waals surface area contributed by atoms with E-state index in [0.29, 0.717) is 36.6 Å². The van der Waals surface area contributed by atoms with Crippen LogP contribution < -0.4 is 14.8 Å². The van der Waals surface area contributed by atoms with Gasteiger partial charge in [-0.25, -0.2) is 8.42 Å². The second-order valence-corrected chi connectivity index (χ2v) is 7.08. The SMILES string of the molecule is CCOc1ccccc1NS(=O)(=O)c1ccc2c(c1)CCC(=O)N2. The topological polar surface area (TPSA) is 84.5 Å². The Labute approximate surface area is 140 Å². The fraction of sp³-hybridized carbons (Fsp3) is 0.235. The van der Waals surface area contributed by atoms with Crippen molar-refractivity contribution in [2.75, 3.05) is 16.6 Å². The second-order valence-electron chi connectivity index (χ2n) is 5.40. The number of rotatable bonds is 5. The fourth-order valence-corrected chi connectivity index (χ4v) is 3.68. The van der Waals surface area contributed by atoms with E-state index >= 15 is 0 Å². The number of aryl methyl sites for hydroxylation is 1. The number of anilines is 2. The van der Waals surface area contributed by atoms with Crippen LogP contribution in [-0.4, -0.2) is 20.9 Å². The molecule has 126 valence electrons. The quantitative estimate of drug-likeness (QED) is 0.872. The summed E-state index contributed by atoms with van der Waals surface area (Å²) in [5.41, 5.74) is 1.88. The van der Waals surface area contributed by atoms with Crippen LogP contribution in [0.3, 0.4) is 0 Å². The molecule has 0 radical (unpaired) electrons. The first-order chi connectivity index (χ1) is 11.5. The van der Waals surface area contributed by atoms with Crippen LogP contribution >= 0.6 is 0 Å². The Hall–Kier alpha value is -2.54. The molecule has 0 bridgehead atoms. The average Bonchev–Trinajstić information content (AvgIpc) is 2.56. The van der Waals surface area contributed by atoms with Gasteiger partial charge in [0.05, 0.1) is 17.2 Å². The lowest BCUT2D eigenvalue weighted by molar-refractivity contribution is -0.116. The van der Waals surface area contributed by atoms with Crippen molar-refractivity contribution in [3.63, 3.8) is 0 Å². The number of fused-ring (bicyclic) bond motifs is 1. The van der Waals surface area contributed by atoms with Crippen molar-refractivity contribution < 1.29 is 17.9 Å². The Morgan fingerprint density at radius 3 is 2.75 bits per heavy atom. The summed E-state index contributed by atoms with van der Waals surface area (Å²) in [4.78, 5) is 11.5. The standard InChI is InChI=1S/C17H18N2O4S/c1-2-23-16-6-4-3-5-15(16)19-24(21,22)13-8-9-14-12(11-13)7-10-17(20)18-14/h3-6,8-9,11,19H,2,7,10H2,1H3,(H,18,20). The maximum Gasteiger partial charge on any atom is 0.262 e. The Morgan fingerprint density at radius 1 is 1.17 bits per heavy atom. The predicted molar refractivity (Wildman–Crippen MR) is 91.8 cm³/mol. The minimum Gasteiger partial charge on any atom is -0.492 e. The molecule has 1 heterocycles. The lowest BCUT2D eigenvalue weighted by Crippen LogP contribution is -2.20. The molecule has 1 aliphatic rings. The number of hydrogen-bond acceptors (Lipinski definition) is 4. The van der Waals surface area contributed by atoms with Crippen LogP contribution in [0.15, 0.2) is 47.4 Å². The van der Waals surface area contributed by atoms with Crippen LogP contribution in [0.2, 0.25) is 0 Å². The van der Waals surface area contributed by atoms with Crippen molar-refractivity contribution in [3.8, 4) is 5.75 Å². The van der Waals surface area contributed by atoms with Gasteiger partial charge in [-0.3, -0.25) is 9.52 Å². The van der Waals surface area contributed by atoms with Crippen molar-refractivity contribution in [1.82, 2.24) is 0 Å². The molecule has 0 aliphatic carbocycles. The van der Waals surface area contributed by atoms with E-state index in [1.807, 2.05) is 6.92 Å². The number of ether oxygens (including phenoxy) is 1. The van der Waals surface area contributed by atoms with E-state index in [0.717, 1.165) is 5.56 Å². The summed E-state index contributed by atoms with van der Waals surface area (Å²) in [5, 5.41) is 2.74. The first-order valence-corrected chi connectivity index (χ1v) is 9.15. The summed E-state index contributed by atoms with van der Waals surface area (Å²) in [6, 6.07) is 11.6. The monoisotopic (exact) mass is 346 g/mol. The zero-order chi connectivity index (χ0) is 17.2. The van der Waals surface area contributed by atoms with Crippen molar-refractivity contribution in [1.29, 1.82) is 0 Å². The normalized spacial score (nSPS) is 13.8. The largest absolute Gasteiger partial charge is 0.492 e. The van der Waals surface area contributed by atoms with Gasteiger partial charge >= 0.3 is 0 Å². The molecule has 0 unspecified atom stereocenters. The van der Waals surface area contributed by atoms with Gasteiger partial charge in [-0.1, -0.05) is 12.1 Å². The average molecular weight is 346 g/mol. The van der Waals surface area contributed by atoms with E-state index in [9.17, 15) is 13.2 Å². The van der Waals surface area contributed by atoms with Crippen molar-refractivity contribution in [2.24, 2.45) is 0 Å². The molecule has 3 rings (SSSR count). The van der Waals surface area contributed by atoms with Crippen LogP contribution in [-0.2, 0) is 21.2 Å². The molecule has 2 aromatic rings. The van der Waals surface area contributed by atoms with Gasteiger partial charge < -0.3 is 10.1 Å². The van der Waals surface area contributed by atoms with Crippen molar-refractivity contribution >= 4 is 27.3 Å². The molecule has 0 aromatic heterocycles. The summed E-state index contributed by atoms with van der Waals surface area (Å²) < 4.78 is 33.3. The van der Waals surface area contributed by atoms with E-state index in [4.69, 9.17) is 4.74 Å². The van der Waals surface area contributed by atoms with E-state index in [1.165, 1.54) is 6.07 Å². The molecule has 1 amide bonds. The molecule has 0 saturated heterocycles. The van der Waals surface area contributed by atoms with Gasteiger partial charge in [-0.15, -0.1) is 0 Å². The number of carbonyl (C=O) groups is 1. The maximum absolute atomic E-state index is 12.7. The lowest BCUT2D eigenvalue weighted by atomic mass is 10.0. The highest BCUT2D eigenvalue weighted by molar-refractivity contribution is 7.92. The van der Waals surface area contributed by atoms with Gasteiger partial charge in [0.15, 0.2) is 0 Å². The molecule has 2 aromatic carbocycles. The van der Waals surface area contributed by atoms with Crippen molar-refractivity contribution in [2.45, 2.75) is 24.7 Å². The smallest absolute Gasteiger partial charge is 0.262 e. The van der Waals surface area contributed by atoms with Crippen LogP contribution in [0.4, 0.5) is 11.4 Å². The number of sulfonamides is 1. The molecular formula is C17H18N2O4S. The van der Waals surface area contributed by atoms with E-state index < -0.39 is 10.0 Å². The Kier molecular flexibility index (Phi) is 4.44. The number of amides is 1. The highest BCUT2D eigenvalue weighted by Crippen LogP contribution is 2.29. The highest BCUT2D eigenvalue weighted by atomic mass is 32.2. The fourth-order valence-electron chi connectivity index (χ4n) is 2.56. The Morgan fingerprint density at radius 2 is 1.96 bits per heavy atom. The Bertz CT molecular complexity index is 878. The summed E-state index contributed by atoms with van der Waals surface area (Å²) >= 11 is 0. The zero-order valence-electron chi connectivity index (χ0n) is 13.2. The summed E-state index contributed by atoms with van der Waals surface area (Å²) in [6.07, 6.45) is 0.886. The summed E-state index contributed by atoms with van der Waals surface area (Å²) in [7, 11) is -3.74. The van der Waals surface area contributed by atoms with Gasteiger partial charge in [0.2, 0.25) is 5.91 Å². The summed E-state index contributed by atoms with van der Waals surface area (Å²) in [6.45, 7) is 2.28. The number of nitrogens with one attached hydrogen (secondary N) is 2. The van der Waals surface area contributed by atoms with E-state index in [-0.39, 0.29) is 10.8 Å². The van der Waals surface area contributed by atoms with Gasteiger partial charge in [-0.2, -0.15) is 0 Å². The van der Waals surface area contributed by atoms with Gasteiger partial charge in [0.1, 0.15) is 5.75 Å². The third kappa shape index (κ3) is 3.35. The second kappa shape index (κ2) is 6.52. The van der Waals surface area contributed by atoms with Gasteiger partial charge in [-0.05, 0) is 49.2 Å². The van der Waals surface area contributed by atoms with E-state index in [2.05, 4.69) is 10.0 Å². The maximum atomic E-state index is 12.7. The molecule has 0 fully saturated rings. The minimum absolute atomic E-state index is 0.0538. The molecule has 0 atom stereocenters. The van der Waals surface area contributed by atoms with E-state index in [1.54, 1.807) is 36.4 Å².